The van der Waals surface area contributed by atoms with E-state index in [-0.39, 0.29) is 17.7 Å². The fourth-order valence-electron chi connectivity index (χ4n) is 1.33. The van der Waals surface area contributed by atoms with E-state index in [0.29, 0.717) is 0 Å². The predicted molar refractivity (Wildman–Crippen MR) is 49.8 cm³/mol. The van der Waals surface area contributed by atoms with Gasteiger partial charge in [0, 0.05) is 12.1 Å². The van der Waals surface area contributed by atoms with Crippen molar-refractivity contribution in [2.24, 2.45) is 0 Å². The van der Waals surface area contributed by atoms with E-state index in [1.165, 1.54) is 0 Å². The first kappa shape index (κ1) is 9.18. The maximum Gasteiger partial charge on any atom is 0.168 e. The second-order valence-corrected chi connectivity index (χ2v) is 3.46. The van der Waals surface area contributed by atoms with Crippen LogP contribution in [-0.4, -0.2) is 11.0 Å². The van der Waals surface area contributed by atoms with Crippen molar-refractivity contribution in [2.45, 2.75) is 25.3 Å². The molecule has 3 N–H and O–H groups in total. The summed E-state index contributed by atoms with van der Waals surface area (Å²) in [4.78, 5) is 3.61. The molecule has 14 heavy (non-hydrogen) atoms. The number of nitrogens with one attached hydrogen (secondary N) is 1. The average molecular weight is 199 g/mol. The molecule has 0 aromatic carbocycles. The van der Waals surface area contributed by atoms with Gasteiger partial charge in [0.05, 0.1) is 0 Å². The standard InChI is InChI=1S/C9H11F2N3/c10-6-4-7(11)9(14-8(6)12)13-5-2-1-3-5/h4-5H,1-3H2,(H3,12,13,14). The van der Waals surface area contributed by atoms with Crippen LogP contribution in [0.5, 0.6) is 0 Å². The number of nitrogens with two attached hydrogens (primary N) is 1. The second kappa shape index (κ2) is 3.40. The predicted octanol–water partition coefficient (Wildman–Crippen LogP) is 1.91. The van der Waals surface area contributed by atoms with E-state index in [2.05, 4.69) is 10.3 Å². The minimum atomic E-state index is -0.818. The second-order valence-electron chi connectivity index (χ2n) is 3.46. The van der Waals surface area contributed by atoms with Crippen LogP contribution in [0.1, 0.15) is 19.3 Å². The molecule has 0 bridgehead atoms. The first-order valence-electron chi connectivity index (χ1n) is 4.55. The van der Waals surface area contributed by atoms with E-state index in [0.717, 1.165) is 25.3 Å². The molecular formula is C9H11F2N3. The quantitative estimate of drug-likeness (QED) is 0.764. The van der Waals surface area contributed by atoms with Gasteiger partial charge in [-0.25, -0.2) is 13.8 Å². The van der Waals surface area contributed by atoms with Gasteiger partial charge < -0.3 is 11.1 Å². The van der Waals surface area contributed by atoms with Crippen molar-refractivity contribution >= 4 is 11.6 Å². The molecule has 1 aliphatic rings. The third-order valence-electron chi connectivity index (χ3n) is 2.40. The van der Waals surface area contributed by atoms with Crippen LogP contribution in [0.25, 0.3) is 0 Å². The first-order valence-corrected chi connectivity index (χ1v) is 4.55. The minimum Gasteiger partial charge on any atom is -0.381 e. The van der Waals surface area contributed by atoms with Crippen LogP contribution in [0.4, 0.5) is 20.4 Å². The average Bonchev–Trinajstić information content (AvgIpc) is 2.06. The van der Waals surface area contributed by atoms with E-state index < -0.39 is 11.6 Å². The van der Waals surface area contributed by atoms with E-state index in [1.807, 2.05) is 0 Å². The summed E-state index contributed by atoms with van der Waals surface area (Å²) in [6.07, 6.45) is 3.13. The third-order valence-corrected chi connectivity index (χ3v) is 2.40. The summed E-state index contributed by atoms with van der Waals surface area (Å²) in [5, 5.41) is 2.88. The number of rotatable bonds is 2. The maximum atomic E-state index is 13.1. The van der Waals surface area contributed by atoms with Crippen LogP contribution >= 0.6 is 0 Å². The zero-order chi connectivity index (χ0) is 10.1. The Kier molecular flexibility index (Phi) is 2.23. The molecule has 0 radical (unpaired) electrons. The molecule has 0 spiro atoms. The zero-order valence-electron chi connectivity index (χ0n) is 7.56. The minimum absolute atomic E-state index is 0.0496. The van der Waals surface area contributed by atoms with Gasteiger partial charge in [0.1, 0.15) is 0 Å². The highest BCUT2D eigenvalue weighted by molar-refractivity contribution is 5.45. The van der Waals surface area contributed by atoms with Crippen molar-refractivity contribution in [3.8, 4) is 0 Å². The van der Waals surface area contributed by atoms with Gasteiger partial charge in [-0.15, -0.1) is 0 Å². The molecule has 1 saturated carbocycles. The van der Waals surface area contributed by atoms with Crippen molar-refractivity contribution in [1.29, 1.82) is 0 Å². The number of aromatic nitrogens is 1. The molecule has 0 saturated heterocycles. The molecule has 1 aromatic heterocycles. The molecule has 0 aliphatic heterocycles. The van der Waals surface area contributed by atoms with Crippen LogP contribution in [-0.2, 0) is 0 Å². The van der Waals surface area contributed by atoms with Gasteiger partial charge >= 0.3 is 0 Å². The van der Waals surface area contributed by atoms with Crippen molar-refractivity contribution in [3.05, 3.63) is 17.7 Å². The van der Waals surface area contributed by atoms with Crippen LogP contribution < -0.4 is 11.1 Å². The molecule has 1 aliphatic carbocycles. The first-order chi connectivity index (χ1) is 6.66. The van der Waals surface area contributed by atoms with Crippen LogP contribution in [0.2, 0.25) is 0 Å². The van der Waals surface area contributed by atoms with Gasteiger partial charge in [0.2, 0.25) is 0 Å². The van der Waals surface area contributed by atoms with E-state index in [4.69, 9.17) is 5.73 Å². The molecular weight excluding hydrogens is 188 g/mol. The number of hydrogen-bond donors (Lipinski definition) is 2. The van der Waals surface area contributed by atoms with Crippen LogP contribution in [0, 0.1) is 11.6 Å². The molecule has 1 heterocycles. The summed E-state index contributed by atoms with van der Waals surface area (Å²) in [6.45, 7) is 0. The Morgan fingerprint density at radius 1 is 1.36 bits per heavy atom. The SMILES string of the molecule is Nc1nc(NC2CCC2)c(F)cc1F. The lowest BCUT2D eigenvalue weighted by Gasteiger charge is -2.27. The highest BCUT2D eigenvalue weighted by Crippen LogP contribution is 2.24. The Morgan fingerprint density at radius 3 is 2.64 bits per heavy atom. The molecule has 3 nitrogen and oxygen atoms in total. The summed E-state index contributed by atoms with van der Waals surface area (Å²) in [7, 11) is 0. The third kappa shape index (κ3) is 1.62. The Labute approximate surface area is 80.3 Å². The van der Waals surface area contributed by atoms with Gasteiger partial charge in [0.25, 0.3) is 0 Å². The number of nitrogens with zero attached hydrogens (tertiary/aromatic N) is 1. The lowest BCUT2D eigenvalue weighted by atomic mass is 9.93. The Balaban J connectivity index is 2.19. The number of pyridine rings is 1. The molecule has 1 aromatic rings. The van der Waals surface area contributed by atoms with Gasteiger partial charge in [-0.05, 0) is 19.3 Å². The molecule has 1 fully saturated rings. The van der Waals surface area contributed by atoms with Crippen LogP contribution in [0.15, 0.2) is 6.07 Å². The number of nitrogen functional groups attached to an aromatic ring is 1. The normalized spacial score (nSPS) is 16.4. The lowest BCUT2D eigenvalue weighted by molar-refractivity contribution is 0.441. The van der Waals surface area contributed by atoms with Crippen molar-refractivity contribution < 1.29 is 8.78 Å². The molecule has 5 heteroatoms. The summed E-state index contributed by atoms with van der Waals surface area (Å²) in [5.74, 6) is -1.73. The Bertz CT molecular complexity index is 350. The molecule has 76 valence electrons. The fraction of sp³-hybridized carbons (Fsp3) is 0.444. The van der Waals surface area contributed by atoms with Crippen molar-refractivity contribution in [1.82, 2.24) is 4.98 Å². The van der Waals surface area contributed by atoms with Gasteiger partial charge in [-0.3, -0.25) is 0 Å². The zero-order valence-corrected chi connectivity index (χ0v) is 7.56. The van der Waals surface area contributed by atoms with E-state index >= 15 is 0 Å². The summed E-state index contributed by atoms with van der Waals surface area (Å²) in [5.41, 5.74) is 5.23. The summed E-state index contributed by atoms with van der Waals surface area (Å²) < 4.78 is 25.9. The topological polar surface area (TPSA) is 50.9 Å². The highest BCUT2D eigenvalue weighted by Gasteiger charge is 2.19. The maximum absolute atomic E-state index is 13.1. The summed E-state index contributed by atoms with van der Waals surface area (Å²) in [6, 6.07) is 1.01. The Hall–Kier alpha value is -1.39. The number of anilines is 2. The molecule has 0 amide bonds. The molecule has 0 unspecified atom stereocenters. The largest absolute Gasteiger partial charge is 0.381 e. The molecule has 2 rings (SSSR count). The smallest absolute Gasteiger partial charge is 0.168 e. The van der Waals surface area contributed by atoms with E-state index in [9.17, 15) is 8.78 Å². The number of halogens is 2. The number of hydrogen-bond acceptors (Lipinski definition) is 3. The van der Waals surface area contributed by atoms with Crippen molar-refractivity contribution in [3.63, 3.8) is 0 Å². The Morgan fingerprint density at radius 2 is 2.07 bits per heavy atom. The highest BCUT2D eigenvalue weighted by atomic mass is 19.1. The summed E-state index contributed by atoms with van der Waals surface area (Å²) >= 11 is 0. The lowest BCUT2D eigenvalue weighted by Crippen LogP contribution is -2.28. The fourth-order valence-corrected chi connectivity index (χ4v) is 1.33. The van der Waals surface area contributed by atoms with E-state index in [1.54, 1.807) is 0 Å². The van der Waals surface area contributed by atoms with Crippen molar-refractivity contribution in [2.75, 3.05) is 11.1 Å². The van der Waals surface area contributed by atoms with Gasteiger partial charge in [-0.1, -0.05) is 0 Å². The van der Waals surface area contributed by atoms with Gasteiger partial charge in [-0.2, -0.15) is 0 Å². The van der Waals surface area contributed by atoms with Crippen LogP contribution in [0.3, 0.4) is 0 Å². The monoisotopic (exact) mass is 199 g/mol. The van der Waals surface area contributed by atoms with Gasteiger partial charge in [0.15, 0.2) is 23.3 Å². The molecule has 0 atom stereocenters.